The van der Waals surface area contributed by atoms with E-state index in [9.17, 15) is 0 Å². The fourth-order valence-electron chi connectivity index (χ4n) is 2.25. The van der Waals surface area contributed by atoms with Gasteiger partial charge in [-0.15, -0.1) is 0 Å². The van der Waals surface area contributed by atoms with Gasteiger partial charge >= 0.3 is 0 Å². The number of aromatic nitrogens is 2. The molecule has 0 aliphatic carbocycles. The molecule has 6 nitrogen and oxygen atoms in total. The van der Waals surface area contributed by atoms with Gasteiger partial charge in [0.1, 0.15) is 11.4 Å². The van der Waals surface area contributed by atoms with Crippen molar-refractivity contribution < 1.29 is 9.94 Å². The number of hydrogen-bond donors (Lipinski definition) is 2. The maximum absolute atomic E-state index is 9.03. The van der Waals surface area contributed by atoms with Crippen molar-refractivity contribution in [3.05, 3.63) is 54.2 Å². The molecule has 21 heavy (non-hydrogen) atoms. The number of ether oxygens (including phenoxy) is 1. The molecule has 106 valence electrons. The van der Waals surface area contributed by atoms with Gasteiger partial charge in [-0.05, 0) is 36.4 Å². The van der Waals surface area contributed by atoms with E-state index in [4.69, 9.17) is 15.7 Å². The Morgan fingerprint density at radius 3 is 2.67 bits per heavy atom. The number of nitrogens with two attached hydrogens (primary N) is 1. The molecule has 0 unspecified atom stereocenters. The standard InChI is InChI=1S/C15H14N4O2/c1-21-11-7-5-10(6-8-11)14-13(15(16)18-20)12-4-2-3-9-19(12)17-14/h2-9,20H,1H3,(H2,16,18). The number of amidine groups is 1. The van der Waals surface area contributed by atoms with Gasteiger partial charge < -0.3 is 15.7 Å². The maximum atomic E-state index is 9.03. The zero-order valence-corrected chi connectivity index (χ0v) is 11.4. The van der Waals surface area contributed by atoms with Gasteiger partial charge in [-0.25, -0.2) is 4.52 Å². The molecule has 0 aliphatic rings. The molecule has 0 radical (unpaired) electrons. The Morgan fingerprint density at radius 1 is 1.24 bits per heavy atom. The van der Waals surface area contributed by atoms with Gasteiger partial charge in [-0.3, -0.25) is 0 Å². The summed E-state index contributed by atoms with van der Waals surface area (Å²) >= 11 is 0. The van der Waals surface area contributed by atoms with Gasteiger partial charge in [0.15, 0.2) is 5.84 Å². The molecular weight excluding hydrogens is 268 g/mol. The van der Waals surface area contributed by atoms with Gasteiger partial charge in [0.05, 0.1) is 18.2 Å². The number of hydrogen-bond acceptors (Lipinski definition) is 4. The number of fused-ring (bicyclic) bond motifs is 1. The Kier molecular flexibility index (Phi) is 3.19. The number of rotatable bonds is 3. The predicted octanol–water partition coefficient (Wildman–Crippen LogP) is 2.10. The molecule has 0 aliphatic heterocycles. The van der Waals surface area contributed by atoms with Crippen LogP contribution in [0.5, 0.6) is 5.75 Å². The number of pyridine rings is 1. The Hall–Kier alpha value is -3.02. The Labute approximate surface area is 121 Å². The van der Waals surface area contributed by atoms with Gasteiger partial charge in [-0.2, -0.15) is 5.10 Å². The number of oxime groups is 1. The number of methoxy groups -OCH3 is 1. The minimum atomic E-state index is 0.0296. The third-order valence-corrected chi connectivity index (χ3v) is 3.27. The van der Waals surface area contributed by atoms with E-state index in [0.29, 0.717) is 11.3 Å². The first-order valence-corrected chi connectivity index (χ1v) is 6.34. The number of nitrogens with zero attached hydrogens (tertiary/aromatic N) is 3. The number of benzene rings is 1. The van der Waals surface area contributed by atoms with Crippen LogP contribution in [0.1, 0.15) is 5.56 Å². The van der Waals surface area contributed by atoms with Crippen LogP contribution >= 0.6 is 0 Å². The molecule has 0 bridgehead atoms. The highest BCUT2D eigenvalue weighted by atomic mass is 16.5. The molecule has 0 saturated carbocycles. The maximum Gasteiger partial charge on any atom is 0.174 e. The summed E-state index contributed by atoms with van der Waals surface area (Å²) in [6.45, 7) is 0. The van der Waals surface area contributed by atoms with Crippen LogP contribution in [0.3, 0.4) is 0 Å². The molecule has 3 aromatic rings. The molecule has 2 heterocycles. The molecule has 3 rings (SSSR count). The molecule has 0 amide bonds. The topological polar surface area (TPSA) is 85.1 Å². The molecular formula is C15H14N4O2. The van der Waals surface area contributed by atoms with Crippen molar-refractivity contribution in [1.29, 1.82) is 0 Å². The van der Waals surface area contributed by atoms with Gasteiger partial charge in [0.2, 0.25) is 0 Å². The van der Waals surface area contributed by atoms with Crippen LogP contribution in [0, 0.1) is 0 Å². The minimum absolute atomic E-state index is 0.0296. The lowest BCUT2D eigenvalue weighted by Crippen LogP contribution is -2.13. The molecule has 0 fully saturated rings. The van der Waals surface area contributed by atoms with E-state index in [-0.39, 0.29) is 5.84 Å². The molecule has 3 N–H and O–H groups in total. The van der Waals surface area contributed by atoms with Gasteiger partial charge in [0, 0.05) is 11.8 Å². The van der Waals surface area contributed by atoms with E-state index in [1.54, 1.807) is 11.6 Å². The molecule has 0 spiro atoms. The average molecular weight is 282 g/mol. The van der Waals surface area contributed by atoms with Crippen molar-refractivity contribution in [3.8, 4) is 17.0 Å². The zero-order valence-electron chi connectivity index (χ0n) is 11.4. The highest BCUT2D eigenvalue weighted by Gasteiger charge is 2.17. The van der Waals surface area contributed by atoms with E-state index in [2.05, 4.69) is 10.3 Å². The van der Waals surface area contributed by atoms with E-state index in [1.807, 2.05) is 48.7 Å². The van der Waals surface area contributed by atoms with Crippen molar-refractivity contribution in [1.82, 2.24) is 9.61 Å². The minimum Gasteiger partial charge on any atom is -0.497 e. The molecule has 2 aromatic heterocycles. The van der Waals surface area contributed by atoms with Gasteiger partial charge in [0.25, 0.3) is 0 Å². The Morgan fingerprint density at radius 2 is 2.00 bits per heavy atom. The van der Waals surface area contributed by atoms with Crippen LogP contribution in [0.15, 0.2) is 53.8 Å². The van der Waals surface area contributed by atoms with Crippen LogP contribution in [0.4, 0.5) is 0 Å². The Balaban J connectivity index is 2.25. The lowest BCUT2D eigenvalue weighted by atomic mass is 10.1. The van der Waals surface area contributed by atoms with Crippen LogP contribution in [-0.4, -0.2) is 27.8 Å². The average Bonchev–Trinajstić information content (AvgIpc) is 2.93. The van der Waals surface area contributed by atoms with Crippen LogP contribution in [-0.2, 0) is 0 Å². The highest BCUT2D eigenvalue weighted by Crippen LogP contribution is 2.27. The molecule has 0 saturated heterocycles. The molecule has 6 heteroatoms. The lowest BCUT2D eigenvalue weighted by molar-refractivity contribution is 0.318. The second-order valence-corrected chi connectivity index (χ2v) is 4.47. The van der Waals surface area contributed by atoms with Crippen molar-refractivity contribution >= 4 is 11.4 Å². The predicted molar refractivity (Wildman–Crippen MR) is 79.7 cm³/mol. The Bertz CT molecular complexity index is 806. The SMILES string of the molecule is COc1ccc(-c2nn3ccccc3c2C(N)=NO)cc1. The molecule has 0 atom stereocenters. The summed E-state index contributed by atoms with van der Waals surface area (Å²) in [6, 6.07) is 13.1. The smallest absolute Gasteiger partial charge is 0.174 e. The largest absolute Gasteiger partial charge is 0.497 e. The zero-order chi connectivity index (χ0) is 14.8. The van der Waals surface area contributed by atoms with Crippen molar-refractivity contribution in [2.24, 2.45) is 10.9 Å². The van der Waals surface area contributed by atoms with E-state index in [0.717, 1.165) is 16.8 Å². The summed E-state index contributed by atoms with van der Waals surface area (Å²) in [5.74, 6) is 0.787. The van der Waals surface area contributed by atoms with Crippen LogP contribution < -0.4 is 10.5 Å². The van der Waals surface area contributed by atoms with Crippen molar-refractivity contribution in [2.45, 2.75) is 0 Å². The van der Waals surface area contributed by atoms with E-state index in [1.165, 1.54) is 0 Å². The second kappa shape index (κ2) is 5.16. The quantitative estimate of drug-likeness (QED) is 0.333. The van der Waals surface area contributed by atoms with Crippen molar-refractivity contribution in [2.75, 3.05) is 7.11 Å². The fourth-order valence-corrected chi connectivity index (χ4v) is 2.25. The second-order valence-electron chi connectivity index (χ2n) is 4.47. The molecule has 1 aromatic carbocycles. The summed E-state index contributed by atoms with van der Waals surface area (Å²) < 4.78 is 6.85. The van der Waals surface area contributed by atoms with Crippen LogP contribution in [0.2, 0.25) is 0 Å². The third-order valence-electron chi connectivity index (χ3n) is 3.27. The summed E-state index contributed by atoms with van der Waals surface area (Å²) in [4.78, 5) is 0. The summed E-state index contributed by atoms with van der Waals surface area (Å²) in [7, 11) is 1.61. The van der Waals surface area contributed by atoms with Crippen molar-refractivity contribution in [3.63, 3.8) is 0 Å². The third kappa shape index (κ3) is 2.16. The fraction of sp³-hybridized carbons (Fsp3) is 0.0667. The first-order valence-electron chi connectivity index (χ1n) is 6.34. The summed E-state index contributed by atoms with van der Waals surface area (Å²) in [6.07, 6.45) is 1.82. The highest BCUT2D eigenvalue weighted by molar-refractivity contribution is 6.08. The first-order chi connectivity index (χ1) is 10.2. The van der Waals surface area contributed by atoms with E-state index >= 15 is 0 Å². The van der Waals surface area contributed by atoms with E-state index < -0.39 is 0 Å². The normalized spacial score (nSPS) is 11.8. The summed E-state index contributed by atoms with van der Waals surface area (Å²) in [5.41, 5.74) is 8.71. The van der Waals surface area contributed by atoms with Crippen LogP contribution in [0.25, 0.3) is 16.8 Å². The van der Waals surface area contributed by atoms with Gasteiger partial charge in [-0.1, -0.05) is 11.2 Å². The first kappa shape index (κ1) is 13.0. The summed E-state index contributed by atoms with van der Waals surface area (Å²) in [5, 5.41) is 16.7. The lowest BCUT2D eigenvalue weighted by Gasteiger charge is -2.03. The monoisotopic (exact) mass is 282 g/mol.